The molecule has 1 aromatic rings. The van der Waals surface area contributed by atoms with Crippen molar-refractivity contribution in [3.05, 3.63) is 30.1 Å². The summed E-state index contributed by atoms with van der Waals surface area (Å²) in [5.41, 5.74) is 3.91. The SMILES string of the molecule is CC1(C(Cc2cccnc2)NN)CCCO1. The van der Waals surface area contributed by atoms with Gasteiger partial charge in [-0.05, 0) is 37.8 Å². The number of aromatic nitrogens is 1. The molecule has 0 aliphatic carbocycles. The van der Waals surface area contributed by atoms with Crippen molar-refractivity contribution in [2.45, 2.75) is 37.8 Å². The van der Waals surface area contributed by atoms with Crippen molar-refractivity contribution >= 4 is 0 Å². The first-order valence-electron chi connectivity index (χ1n) is 5.73. The summed E-state index contributed by atoms with van der Waals surface area (Å²) in [5.74, 6) is 5.64. The van der Waals surface area contributed by atoms with Gasteiger partial charge in [-0.2, -0.15) is 0 Å². The van der Waals surface area contributed by atoms with Gasteiger partial charge in [0.15, 0.2) is 0 Å². The van der Waals surface area contributed by atoms with Crippen LogP contribution in [0.3, 0.4) is 0 Å². The molecule has 1 saturated heterocycles. The highest BCUT2D eigenvalue weighted by atomic mass is 16.5. The first-order valence-corrected chi connectivity index (χ1v) is 5.73. The predicted molar refractivity (Wildman–Crippen MR) is 62.6 cm³/mol. The van der Waals surface area contributed by atoms with Crippen molar-refractivity contribution in [1.82, 2.24) is 10.4 Å². The maximum atomic E-state index is 5.80. The Labute approximate surface area is 96.2 Å². The molecule has 2 atom stereocenters. The van der Waals surface area contributed by atoms with E-state index in [1.807, 2.05) is 12.3 Å². The first-order chi connectivity index (χ1) is 7.74. The average Bonchev–Trinajstić information content (AvgIpc) is 2.75. The average molecular weight is 221 g/mol. The number of nitrogens with zero attached hydrogens (tertiary/aromatic N) is 1. The van der Waals surface area contributed by atoms with E-state index in [0.717, 1.165) is 25.9 Å². The Kier molecular flexibility index (Phi) is 3.53. The molecule has 16 heavy (non-hydrogen) atoms. The molecule has 1 fully saturated rings. The Bertz CT molecular complexity index is 322. The van der Waals surface area contributed by atoms with Gasteiger partial charge < -0.3 is 4.74 Å². The Morgan fingerprint density at radius 3 is 3.12 bits per heavy atom. The van der Waals surface area contributed by atoms with Crippen LogP contribution in [0.2, 0.25) is 0 Å². The minimum absolute atomic E-state index is 0.138. The molecule has 0 bridgehead atoms. The van der Waals surface area contributed by atoms with E-state index < -0.39 is 0 Å². The topological polar surface area (TPSA) is 60.2 Å². The fourth-order valence-corrected chi connectivity index (χ4v) is 2.28. The van der Waals surface area contributed by atoms with Crippen molar-refractivity contribution in [3.8, 4) is 0 Å². The Morgan fingerprint density at radius 1 is 1.69 bits per heavy atom. The Hall–Kier alpha value is -0.970. The van der Waals surface area contributed by atoms with Crippen LogP contribution < -0.4 is 11.3 Å². The zero-order valence-corrected chi connectivity index (χ0v) is 9.65. The summed E-state index contributed by atoms with van der Waals surface area (Å²) in [6.07, 6.45) is 6.68. The van der Waals surface area contributed by atoms with Crippen molar-refractivity contribution in [2.75, 3.05) is 6.61 Å². The van der Waals surface area contributed by atoms with Crippen molar-refractivity contribution in [3.63, 3.8) is 0 Å². The second-order valence-corrected chi connectivity index (χ2v) is 4.55. The fourth-order valence-electron chi connectivity index (χ4n) is 2.28. The molecule has 0 amide bonds. The first kappa shape index (κ1) is 11.5. The lowest BCUT2D eigenvalue weighted by Gasteiger charge is -2.32. The van der Waals surface area contributed by atoms with Gasteiger partial charge in [0, 0.05) is 19.0 Å². The third-order valence-electron chi connectivity index (χ3n) is 3.35. The van der Waals surface area contributed by atoms with E-state index in [1.54, 1.807) is 6.20 Å². The number of pyridine rings is 1. The molecule has 2 unspecified atom stereocenters. The number of ether oxygens (including phenoxy) is 1. The molecular formula is C12H19N3O. The molecular weight excluding hydrogens is 202 g/mol. The van der Waals surface area contributed by atoms with Gasteiger partial charge in [-0.15, -0.1) is 0 Å². The fraction of sp³-hybridized carbons (Fsp3) is 0.583. The largest absolute Gasteiger partial charge is 0.374 e. The zero-order chi connectivity index (χ0) is 11.4. The summed E-state index contributed by atoms with van der Waals surface area (Å²) in [5, 5.41) is 0. The van der Waals surface area contributed by atoms with E-state index in [-0.39, 0.29) is 11.6 Å². The minimum atomic E-state index is -0.148. The van der Waals surface area contributed by atoms with E-state index in [2.05, 4.69) is 23.4 Å². The van der Waals surface area contributed by atoms with Crippen LogP contribution in [0.4, 0.5) is 0 Å². The highest BCUT2D eigenvalue weighted by Gasteiger charge is 2.37. The van der Waals surface area contributed by atoms with Gasteiger partial charge in [0.2, 0.25) is 0 Å². The molecule has 88 valence electrons. The lowest BCUT2D eigenvalue weighted by Crippen LogP contribution is -2.52. The molecule has 1 aliphatic heterocycles. The molecule has 1 aromatic heterocycles. The van der Waals surface area contributed by atoms with E-state index in [1.165, 1.54) is 5.56 Å². The maximum absolute atomic E-state index is 5.80. The molecule has 0 spiro atoms. The molecule has 2 heterocycles. The number of nitrogens with two attached hydrogens (primary N) is 1. The molecule has 1 aliphatic rings. The lowest BCUT2D eigenvalue weighted by molar-refractivity contribution is -0.0115. The van der Waals surface area contributed by atoms with Gasteiger partial charge in [0.1, 0.15) is 0 Å². The second kappa shape index (κ2) is 4.91. The van der Waals surface area contributed by atoms with Crippen LogP contribution in [-0.4, -0.2) is 23.2 Å². The normalized spacial score (nSPS) is 26.9. The molecule has 4 nitrogen and oxygen atoms in total. The van der Waals surface area contributed by atoms with E-state index in [9.17, 15) is 0 Å². The van der Waals surface area contributed by atoms with Crippen molar-refractivity contribution in [2.24, 2.45) is 5.84 Å². The van der Waals surface area contributed by atoms with Gasteiger partial charge in [-0.25, -0.2) is 0 Å². The summed E-state index contributed by atoms with van der Waals surface area (Å²) in [6.45, 7) is 2.96. The summed E-state index contributed by atoms with van der Waals surface area (Å²) < 4.78 is 5.80. The summed E-state index contributed by atoms with van der Waals surface area (Å²) in [4.78, 5) is 4.11. The monoisotopic (exact) mass is 221 g/mol. The highest BCUT2D eigenvalue weighted by Crippen LogP contribution is 2.29. The molecule has 2 rings (SSSR count). The van der Waals surface area contributed by atoms with Crippen molar-refractivity contribution < 1.29 is 4.74 Å². The summed E-state index contributed by atoms with van der Waals surface area (Å²) in [6, 6.07) is 4.15. The van der Waals surface area contributed by atoms with Crippen LogP contribution in [-0.2, 0) is 11.2 Å². The summed E-state index contributed by atoms with van der Waals surface area (Å²) >= 11 is 0. The molecule has 3 N–H and O–H groups in total. The molecule has 4 heteroatoms. The lowest BCUT2D eigenvalue weighted by atomic mass is 9.89. The van der Waals surface area contributed by atoms with Crippen LogP contribution in [0.25, 0.3) is 0 Å². The summed E-state index contributed by atoms with van der Waals surface area (Å²) in [7, 11) is 0. The van der Waals surface area contributed by atoms with Crippen LogP contribution in [0.5, 0.6) is 0 Å². The van der Waals surface area contributed by atoms with Crippen LogP contribution >= 0.6 is 0 Å². The smallest absolute Gasteiger partial charge is 0.0824 e. The number of nitrogens with one attached hydrogen (secondary N) is 1. The van der Waals surface area contributed by atoms with E-state index in [4.69, 9.17) is 10.6 Å². The molecule has 0 aromatic carbocycles. The number of hydrazine groups is 1. The standard InChI is InChI=1S/C12H19N3O/c1-12(5-3-7-16-12)11(15-13)8-10-4-2-6-14-9-10/h2,4,6,9,11,15H,3,5,7-8,13H2,1H3. The third-order valence-corrected chi connectivity index (χ3v) is 3.35. The van der Waals surface area contributed by atoms with Crippen LogP contribution in [0.15, 0.2) is 24.5 Å². The van der Waals surface area contributed by atoms with Crippen molar-refractivity contribution in [1.29, 1.82) is 0 Å². The maximum Gasteiger partial charge on any atom is 0.0824 e. The van der Waals surface area contributed by atoms with E-state index in [0.29, 0.717) is 0 Å². The van der Waals surface area contributed by atoms with Crippen LogP contribution in [0.1, 0.15) is 25.3 Å². The second-order valence-electron chi connectivity index (χ2n) is 4.55. The molecule has 0 saturated carbocycles. The highest BCUT2D eigenvalue weighted by molar-refractivity contribution is 5.12. The Morgan fingerprint density at radius 2 is 2.56 bits per heavy atom. The molecule has 0 radical (unpaired) electrons. The predicted octanol–water partition coefficient (Wildman–Crippen LogP) is 1.03. The van der Waals surface area contributed by atoms with E-state index >= 15 is 0 Å². The minimum Gasteiger partial charge on any atom is -0.374 e. The number of rotatable bonds is 4. The third kappa shape index (κ3) is 2.40. The van der Waals surface area contributed by atoms with Gasteiger partial charge in [-0.1, -0.05) is 6.07 Å². The van der Waals surface area contributed by atoms with Gasteiger partial charge >= 0.3 is 0 Å². The Balaban J connectivity index is 2.06. The van der Waals surface area contributed by atoms with Gasteiger partial charge in [0.25, 0.3) is 0 Å². The van der Waals surface area contributed by atoms with Crippen LogP contribution in [0, 0.1) is 0 Å². The quantitative estimate of drug-likeness (QED) is 0.589. The zero-order valence-electron chi connectivity index (χ0n) is 9.65. The van der Waals surface area contributed by atoms with Gasteiger partial charge in [-0.3, -0.25) is 16.3 Å². The number of hydrogen-bond donors (Lipinski definition) is 2. The van der Waals surface area contributed by atoms with Gasteiger partial charge in [0.05, 0.1) is 11.6 Å². The number of hydrogen-bond acceptors (Lipinski definition) is 4.